The van der Waals surface area contributed by atoms with Crippen LogP contribution in [0.2, 0.25) is 0 Å². The molecular weight excluding hydrogens is 326 g/mol. The number of nitrogens with zero attached hydrogens (tertiary/aromatic N) is 1. The summed E-state index contributed by atoms with van der Waals surface area (Å²) < 4.78 is 1.18. The van der Waals surface area contributed by atoms with E-state index in [0.717, 1.165) is 17.5 Å². The highest BCUT2D eigenvalue weighted by atomic mass is 32.1. The first kappa shape index (κ1) is 17.1. The van der Waals surface area contributed by atoms with Gasteiger partial charge in [-0.1, -0.05) is 61.5 Å². The Bertz CT molecular complexity index is 965. The summed E-state index contributed by atoms with van der Waals surface area (Å²) >= 11 is 1.78. The van der Waals surface area contributed by atoms with Crippen molar-refractivity contribution in [3.05, 3.63) is 76.2 Å². The number of nitrogens with one attached hydrogen (secondary N) is 1. The maximum absolute atomic E-state index is 8.29. The van der Waals surface area contributed by atoms with Crippen LogP contribution in [0, 0.1) is 5.41 Å². The fourth-order valence-corrected chi connectivity index (χ4v) is 3.96. The number of hydrogen-bond donors (Lipinski definition) is 2. The third kappa shape index (κ3) is 3.54. The number of rotatable bonds is 4. The Labute approximate surface area is 152 Å². The lowest BCUT2D eigenvalue weighted by Gasteiger charge is -2.03. The van der Waals surface area contributed by atoms with Gasteiger partial charge < -0.3 is 5.73 Å². The number of allylic oxidation sites excluding steroid dienone is 1. The Kier molecular flexibility index (Phi) is 5.10. The van der Waals surface area contributed by atoms with E-state index >= 15 is 0 Å². The van der Waals surface area contributed by atoms with Crippen molar-refractivity contribution >= 4 is 39.2 Å². The molecule has 4 heteroatoms. The molecule has 0 aliphatic carbocycles. The minimum Gasteiger partial charge on any atom is -0.383 e. The molecule has 0 spiro atoms. The molecule has 0 amide bonds. The minimum atomic E-state index is 0.183. The van der Waals surface area contributed by atoms with Crippen LogP contribution in [0.25, 0.3) is 16.2 Å². The van der Waals surface area contributed by atoms with Crippen LogP contribution in [0.3, 0.4) is 0 Å². The quantitative estimate of drug-likeness (QED) is 0.493. The molecule has 126 valence electrons. The van der Waals surface area contributed by atoms with Crippen LogP contribution in [-0.4, -0.2) is 11.7 Å². The van der Waals surface area contributed by atoms with Crippen LogP contribution in [0.5, 0.6) is 0 Å². The average Bonchev–Trinajstić information content (AvgIpc) is 2.99. The Morgan fingerprint density at radius 2 is 1.92 bits per heavy atom. The summed E-state index contributed by atoms with van der Waals surface area (Å²) in [6.07, 6.45) is 5.24. The van der Waals surface area contributed by atoms with Crippen molar-refractivity contribution in [2.75, 3.05) is 0 Å². The lowest BCUT2D eigenvalue weighted by Crippen LogP contribution is -2.15. The number of nitrogens with two attached hydrogens (primary N) is 1. The number of aryl methyl sites for hydroxylation is 1. The number of fused-ring (bicyclic) bond motifs is 1. The van der Waals surface area contributed by atoms with Crippen molar-refractivity contribution in [2.45, 2.75) is 20.3 Å². The summed E-state index contributed by atoms with van der Waals surface area (Å²) in [5.74, 6) is 0.544. The van der Waals surface area contributed by atoms with E-state index in [9.17, 15) is 0 Å². The largest absolute Gasteiger partial charge is 0.383 e. The normalized spacial score (nSPS) is 12.2. The van der Waals surface area contributed by atoms with Crippen LogP contribution in [-0.2, 0) is 6.42 Å². The van der Waals surface area contributed by atoms with E-state index in [-0.39, 0.29) is 5.84 Å². The van der Waals surface area contributed by atoms with Gasteiger partial charge in [0.15, 0.2) is 5.84 Å². The summed E-state index contributed by atoms with van der Waals surface area (Å²) in [6.45, 7) is 4.21. The minimum absolute atomic E-state index is 0.183. The zero-order valence-corrected chi connectivity index (χ0v) is 15.2. The molecule has 3 aromatic rings. The molecule has 2 aromatic carbocycles. The van der Waals surface area contributed by atoms with Gasteiger partial charge in [-0.15, -0.1) is 11.3 Å². The lowest BCUT2D eigenvalue weighted by molar-refractivity contribution is 1.18. The average molecular weight is 347 g/mol. The van der Waals surface area contributed by atoms with Gasteiger partial charge in [-0.3, -0.25) is 5.41 Å². The van der Waals surface area contributed by atoms with Crippen molar-refractivity contribution in [1.82, 2.24) is 0 Å². The highest BCUT2D eigenvalue weighted by Gasteiger charge is 2.11. The van der Waals surface area contributed by atoms with Crippen LogP contribution in [0.15, 0.2) is 59.6 Å². The van der Waals surface area contributed by atoms with Crippen molar-refractivity contribution < 1.29 is 0 Å². The van der Waals surface area contributed by atoms with Crippen molar-refractivity contribution in [3.63, 3.8) is 0 Å². The van der Waals surface area contributed by atoms with E-state index in [2.05, 4.69) is 30.1 Å². The molecule has 0 radical (unpaired) electrons. The van der Waals surface area contributed by atoms with Gasteiger partial charge in [-0.2, -0.15) is 0 Å². The highest BCUT2D eigenvalue weighted by Crippen LogP contribution is 2.33. The highest BCUT2D eigenvalue weighted by molar-refractivity contribution is 7.19. The summed E-state index contributed by atoms with van der Waals surface area (Å²) in [5.41, 5.74) is 8.93. The number of benzene rings is 2. The molecule has 1 aromatic heterocycles. The second kappa shape index (κ2) is 7.45. The fourth-order valence-electron chi connectivity index (χ4n) is 2.78. The third-order valence-corrected chi connectivity index (χ3v) is 5.35. The van der Waals surface area contributed by atoms with Crippen LogP contribution in [0.4, 0.5) is 0 Å². The molecule has 3 N–H and O–H groups in total. The van der Waals surface area contributed by atoms with E-state index < -0.39 is 0 Å². The Balaban J connectivity index is 1.98. The molecule has 1 heterocycles. The monoisotopic (exact) mass is 347 g/mol. The predicted molar refractivity (Wildman–Crippen MR) is 110 cm³/mol. The van der Waals surface area contributed by atoms with Gasteiger partial charge in [0.05, 0.1) is 0 Å². The van der Waals surface area contributed by atoms with Crippen LogP contribution < -0.4 is 5.73 Å². The van der Waals surface area contributed by atoms with Crippen molar-refractivity contribution in [3.8, 4) is 0 Å². The number of thiophene rings is 1. The Morgan fingerprint density at radius 3 is 2.60 bits per heavy atom. The standard InChI is InChI=1S/C21H21N3S/c1-3-8-16-17-12-11-15(13-19(17)25-18(16)4-2)21(23)24-20(22)14-9-6-5-7-10-14/h3,5-13H,4H2,1-2H3,(H3,22,23,24)/b8-3-. The second-order valence-electron chi connectivity index (χ2n) is 5.72. The first-order valence-electron chi connectivity index (χ1n) is 8.30. The van der Waals surface area contributed by atoms with E-state index in [0.29, 0.717) is 5.84 Å². The molecule has 0 unspecified atom stereocenters. The fraction of sp³-hybridized carbons (Fsp3) is 0.143. The molecular formula is C21H21N3S. The van der Waals surface area contributed by atoms with Gasteiger partial charge >= 0.3 is 0 Å². The van der Waals surface area contributed by atoms with Gasteiger partial charge in [0.2, 0.25) is 0 Å². The molecule has 0 atom stereocenters. The zero-order valence-electron chi connectivity index (χ0n) is 14.4. The van der Waals surface area contributed by atoms with E-state index in [1.54, 1.807) is 11.3 Å². The maximum Gasteiger partial charge on any atom is 0.154 e. The second-order valence-corrected chi connectivity index (χ2v) is 6.85. The molecule has 0 bridgehead atoms. The van der Waals surface area contributed by atoms with Crippen LogP contribution >= 0.6 is 11.3 Å². The van der Waals surface area contributed by atoms with Crippen LogP contribution in [0.1, 0.15) is 35.4 Å². The van der Waals surface area contributed by atoms with Gasteiger partial charge in [-0.05, 0) is 30.4 Å². The number of hydrogen-bond acceptors (Lipinski definition) is 2. The molecule has 0 saturated heterocycles. The Hall–Kier alpha value is -2.72. The SMILES string of the molecule is C/C=C\c1c(CC)sc2cc(C(=N)N=C(N)c3ccccc3)ccc12. The van der Waals surface area contributed by atoms with E-state index in [1.807, 2.05) is 49.4 Å². The van der Waals surface area contributed by atoms with Crippen molar-refractivity contribution in [2.24, 2.45) is 10.7 Å². The summed E-state index contributed by atoms with van der Waals surface area (Å²) in [5, 5.41) is 9.53. The number of aliphatic imine (C=N–C) groups is 1. The topological polar surface area (TPSA) is 62.2 Å². The van der Waals surface area contributed by atoms with E-state index in [1.165, 1.54) is 20.5 Å². The molecule has 3 nitrogen and oxygen atoms in total. The molecule has 0 saturated carbocycles. The molecule has 25 heavy (non-hydrogen) atoms. The van der Waals surface area contributed by atoms with E-state index in [4.69, 9.17) is 11.1 Å². The predicted octanol–water partition coefficient (Wildman–Crippen LogP) is 5.23. The van der Waals surface area contributed by atoms with Gasteiger partial charge in [-0.25, -0.2) is 4.99 Å². The molecule has 0 aliphatic rings. The van der Waals surface area contributed by atoms with Gasteiger partial charge in [0.25, 0.3) is 0 Å². The summed E-state index contributed by atoms with van der Waals surface area (Å²) in [7, 11) is 0. The lowest BCUT2D eigenvalue weighted by atomic mass is 10.1. The third-order valence-electron chi connectivity index (χ3n) is 4.04. The first-order valence-corrected chi connectivity index (χ1v) is 9.12. The number of amidine groups is 2. The van der Waals surface area contributed by atoms with Gasteiger partial charge in [0.1, 0.15) is 5.84 Å². The first-order chi connectivity index (χ1) is 12.1. The van der Waals surface area contributed by atoms with Crippen molar-refractivity contribution in [1.29, 1.82) is 5.41 Å². The molecule has 0 aliphatic heterocycles. The molecule has 3 rings (SSSR count). The Morgan fingerprint density at radius 1 is 1.16 bits per heavy atom. The zero-order chi connectivity index (χ0) is 17.8. The maximum atomic E-state index is 8.29. The summed E-state index contributed by atoms with van der Waals surface area (Å²) in [4.78, 5) is 5.64. The smallest absolute Gasteiger partial charge is 0.154 e. The summed E-state index contributed by atoms with van der Waals surface area (Å²) in [6, 6.07) is 15.6. The molecule has 0 fully saturated rings. The van der Waals surface area contributed by atoms with Gasteiger partial charge in [0, 0.05) is 20.7 Å².